The van der Waals surface area contributed by atoms with Gasteiger partial charge in [0, 0.05) is 26.3 Å². The average Bonchev–Trinajstić information content (AvgIpc) is 2.13. The van der Waals surface area contributed by atoms with E-state index in [-0.39, 0.29) is 15.4 Å². The zero-order valence-corrected chi connectivity index (χ0v) is 10.1. The van der Waals surface area contributed by atoms with E-state index in [1.807, 2.05) is 13.8 Å². The third-order valence-electron chi connectivity index (χ3n) is 1.58. The minimum Gasteiger partial charge on any atom is -0.357 e. The van der Waals surface area contributed by atoms with Crippen molar-refractivity contribution in [3.05, 3.63) is 0 Å². The molecule has 4 nitrogen and oxygen atoms in total. The van der Waals surface area contributed by atoms with Crippen molar-refractivity contribution >= 4 is 9.52 Å². The Hall–Kier alpha value is 0.0569. The summed E-state index contributed by atoms with van der Waals surface area (Å²) in [6, 6.07) is 0. The van der Waals surface area contributed by atoms with Gasteiger partial charge in [-0.05, 0) is 20.0 Å². The number of nitrogens with two attached hydrogens (primary N) is 1. The minimum atomic E-state index is -0.328. The molecule has 0 spiro atoms. The molecule has 0 rings (SSSR count). The lowest BCUT2D eigenvalue weighted by Crippen LogP contribution is -2.35. The Kier molecular flexibility index (Phi) is 10.2. The van der Waals surface area contributed by atoms with Crippen LogP contribution in [-0.4, -0.2) is 47.9 Å². The van der Waals surface area contributed by atoms with Gasteiger partial charge in [0.25, 0.3) is 0 Å². The van der Waals surface area contributed by atoms with Crippen molar-refractivity contribution in [2.45, 2.75) is 19.8 Å². The summed E-state index contributed by atoms with van der Waals surface area (Å²) in [5.41, 5.74) is 5.35. The fourth-order valence-electron chi connectivity index (χ4n) is 1.03. The number of rotatable bonds is 9. The Morgan fingerprint density at radius 3 is 2.38 bits per heavy atom. The molecule has 0 bridgehead atoms. The Morgan fingerprint density at radius 1 is 1.31 bits per heavy atom. The fourth-order valence-corrected chi connectivity index (χ4v) is 2.53. The Balaban J connectivity index is 3.33. The molecule has 0 saturated carbocycles. The topological polar surface area (TPSA) is 56.5 Å². The predicted octanol–water partition coefficient (Wildman–Crippen LogP) is -0.982. The zero-order chi connectivity index (χ0) is 9.94. The van der Waals surface area contributed by atoms with Gasteiger partial charge in [0.05, 0.1) is 0 Å². The van der Waals surface area contributed by atoms with E-state index < -0.39 is 0 Å². The number of nitrogens with one attached hydrogen (secondary N) is 1. The van der Waals surface area contributed by atoms with Crippen molar-refractivity contribution in [1.82, 2.24) is 5.32 Å². The molecular formula is C8H22N2O2Si. The van der Waals surface area contributed by atoms with E-state index in [0.29, 0.717) is 6.54 Å². The molecule has 0 amide bonds. The molecule has 0 aromatic carbocycles. The molecule has 0 fully saturated rings. The van der Waals surface area contributed by atoms with Crippen LogP contribution in [0.4, 0.5) is 0 Å². The second-order valence-corrected chi connectivity index (χ2v) is 4.41. The van der Waals surface area contributed by atoms with Crippen molar-refractivity contribution in [1.29, 1.82) is 0 Å². The van der Waals surface area contributed by atoms with Crippen LogP contribution in [-0.2, 0) is 9.47 Å². The molecule has 0 aromatic heterocycles. The van der Waals surface area contributed by atoms with Crippen molar-refractivity contribution in [3.8, 4) is 0 Å². The molecule has 3 N–H and O–H groups in total. The Labute approximate surface area is 83.0 Å². The Morgan fingerprint density at radius 2 is 1.92 bits per heavy atom. The molecule has 0 aliphatic carbocycles. The van der Waals surface area contributed by atoms with E-state index in [0.717, 1.165) is 25.9 Å². The maximum Gasteiger partial charge on any atom is 0.136 e. The van der Waals surface area contributed by atoms with Crippen molar-refractivity contribution in [2.75, 3.05) is 32.5 Å². The first-order valence-electron chi connectivity index (χ1n) is 4.99. The van der Waals surface area contributed by atoms with Gasteiger partial charge in [0.1, 0.15) is 15.4 Å². The minimum absolute atomic E-state index is 0.0697. The highest BCUT2D eigenvalue weighted by atomic mass is 28.2. The molecule has 5 heteroatoms. The lowest BCUT2D eigenvalue weighted by Gasteiger charge is -2.16. The summed E-state index contributed by atoms with van der Waals surface area (Å²) in [7, 11) is -0.328. The zero-order valence-electron chi connectivity index (χ0n) is 8.71. The van der Waals surface area contributed by atoms with Crippen molar-refractivity contribution < 1.29 is 9.47 Å². The largest absolute Gasteiger partial charge is 0.357 e. The molecule has 0 saturated heterocycles. The SMILES string of the molecule is CCOC(OCC)[SiH2]CNCCN. The summed E-state index contributed by atoms with van der Waals surface area (Å²) < 4.78 is 10.9. The fraction of sp³-hybridized carbons (Fsp3) is 1.00. The standard InChI is InChI=1S/C8H22N2O2Si/c1-3-11-8(12-4-2)13-7-10-6-5-9/h8,10H,3-7,9,13H2,1-2H3. The quantitative estimate of drug-likeness (QED) is 0.289. The second-order valence-electron chi connectivity index (χ2n) is 2.67. The van der Waals surface area contributed by atoms with E-state index in [2.05, 4.69) is 5.32 Å². The monoisotopic (exact) mass is 206 g/mol. The second kappa shape index (κ2) is 10.1. The van der Waals surface area contributed by atoms with Crippen LogP contribution in [0, 0.1) is 0 Å². The van der Waals surface area contributed by atoms with Gasteiger partial charge in [-0.3, -0.25) is 0 Å². The van der Waals surface area contributed by atoms with Crippen molar-refractivity contribution in [2.24, 2.45) is 5.73 Å². The van der Waals surface area contributed by atoms with Crippen LogP contribution in [0.25, 0.3) is 0 Å². The summed E-state index contributed by atoms with van der Waals surface area (Å²) in [6.45, 7) is 7.03. The third-order valence-corrected chi connectivity index (χ3v) is 3.17. The van der Waals surface area contributed by atoms with Gasteiger partial charge in [-0.25, -0.2) is 0 Å². The van der Waals surface area contributed by atoms with Crippen LogP contribution in [0.5, 0.6) is 0 Å². The van der Waals surface area contributed by atoms with E-state index in [4.69, 9.17) is 15.2 Å². The van der Waals surface area contributed by atoms with Crippen LogP contribution in [0.2, 0.25) is 0 Å². The van der Waals surface area contributed by atoms with Crippen molar-refractivity contribution in [3.63, 3.8) is 0 Å². The van der Waals surface area contributed by atoms with E-state index in [9.17, 15) is 0 Å². The highest BCUT2D eigenvalue weighted by molar-refractivity contribution is 6.36. The van der Waals surface area contributed by atoms with Gasteiger partial charge in [0.15, 0.2) is 0 Å². The first-order valence-corrected chi connectivity index (χ1v) is 6.80. The number of hydrogen-bond donors (Lipinski definition) is 2. The number of hydrogen-bond acceptors (Lipinski definition) is 4. The first kappa shape index (κ1) is 13.1. The van der Waals surface area contributed by atoms with Gasteiger partial charge in [-0.2, -0.15) is 0 Å². The molecule has 0 radical (unpaired) electrons. The van der Waals surface area contributed by atoms with E-state index in [1.54, 1.807) is 0 Å². The third kappa shape index (κ3) is 8.39. The molecule has 0 heterocycles. The van der Waals surface area contributed by atoms with Crippen LogP contribution < -0.4 is 11.1 Å². The van der Waals surface area contributed by atoms with Gasteiger partial charge in [0.2, 0.25) is 0 Å². The van der Waals surface area contributed by atoms with Crippen LogP contribution in [0.15, 0.2) is 0 Å². The molecule has 0 atom stereocenters. The Bertz CT molecular complexity index is 100. The summed E-state index contributed by atoms with van der Waals surface area (Å²) in [4.78, 5) is 0. The average molecular weight is 206 g/mol. The summed E-state index contributed by atoms with van der Waals surface area (Å²) in [5.74, 6) is 0.0697. The smallest absolute Gasteiger partial charge is 0.136 e. The van der Waals surface area contributed by atoms with Gasteiger partial charge >= 0.3 is 0 Å². The lowest BCUT2D eigenvalue weighted by atomic mass is 10.7. The maximum atomic E-state index is 5.43. The molecule has 0 aliphatic heterocycles. The molecule has 80 valence electrons. The summed E-state index contributed by atoms with van der Waals surface area (Å²) >= 11 is 0. The molecule has 0 aliphatic rings. The van der Waals surface area contributed by atoms with Gasteiger partial charge in [-0.1, -0.05) is 0 Å². The van der Waals surface area contributed by atoms with E-state index in [1.165, 1.54) is 0 Å². The highest BCUT2D eigenvalue weighted by Crippen LogP contribution is 1.91. The number of ether oxygens (including phenoxy) is 2. The normalized spacial score (nSPS) is 12.0. The predicted molar refractivity (Wildman–Crippen MR) is 57.5 cm³/mol. The maximum absolute atomic E-state index is 5.43. The molecule has 13 heavy (non-hydrogen) atoms. The van der Waals surface area contributed by atoms with Crippen LogP contribution in [0.1, 0.15) is 13.8 Å². The van der Waals surface area contributed by atoms with Crippen LogP contribution >= 0.6 is 0 Å². The summed E-state index contributed by atoms with van der Waals surface area (Å²) in [6.07, 6.45) is 1.03. The molecule has 0 aromatic rings. The lowest BCUT2D eigenvalue weighted by molar-refractivity contribution is -0.0827. The molecule has 0 unspecified atom stereocenters. The van der Waals surface area contributed by atoms with Crippen LogP contribution in [0.3, 0.4) is 0 Å². The molecular weight excluding hydrogens is 184 g/mol. The van der Waals surface area contributed by atoms with Gasteiger partial charge in [-0.15, -0.1) is 0 Å². The van der Waals surface area contributed by atoms with Gasteiger partial charge < -0.3 is 20.5 Å². The first-order chi connectivity index (χ1) is 6.35. The highest BCUT2D eigenvalue weighted by Gasteiger charge is 2.06. The van der Waals surface area contributed by atoms with E-state index >= 15 is 0 Å². The summed E-state index contributed by atoms with van der Waals surface area (Å²) in [5, 5.41) is 3.26.